The van der Waals surface area contributed by atoms with E-state index in [1.807, 2.05) is 66.9 Å². The van der Waals surface area contributed by atoms with Gasteiger partial charge in [0.05, 0.1) is 0 Å². The first-order valence-electron chi connectivity index (χ1n) is 8.50. The molecule has 2 aromatic carbocycles. The average Bonchev–Trinajstić information content (AvgIpc) is 2.56. The van der Waals surface area contributed by atoms with Crippen LogP contribution in [0.25, 0.3) is 0 Å². The second kappa shape index (κ2) is 7.39. The van der Waals surface area contributed by atoms with E-state index >= 15 is 0 Å². The lowest BCUT2D eigenvalue weighted by molar-refractivity contribution is -0.116. The first-order chi connectivity index (χ1) is 12.0. The zero-order valence-corrected chi connectivity index (χ0v) is 14.7. The number of anilines is 1. The van der Waals surface area contributed by atoms with Gasteiger partial charge < -0.3 is 10.1 Å². The molecule has 3 nitrogen and oxygen atoms in total. The largest absolute Gasteiger partial charge is 0.457 e. The van der Waals surface area contributed by atoms with E-state index in [1.54, 1.807) is 6.08 Å². The predicted molar refractivity (Wildman–Crippen MR) is 102 cm³/mol. The minimum Gasteiger partial charge on any atom is -0.457 e. The van der Waals surface area contributed by atoms with Crippen molar-refractivity contribution in [3.8, 4) is 11.5 Å². The summed E-state index contributed by atoms with van der Waals surface area (Å²) in [5, 5.41) is 3.24. The van der Waals surface area contributed by atoms with Crippen molar-refractivity contribution < 1.29 is 9.53 Å². The van der Waals surface area contributed by atoms with Gasteiger partial charge in [-0.25, -0.2) is 0 Å². The summed E-state index contributed by atoms with van der Waals surface area (Å²) in [4.78, 5) is 11.8. The Kier molecular flexibility index (Phi) is 5.03. The van der Waals surface area contributed by atoms with Crippen molar-refractivity contribution in [3.05, 3.63) is 78.5 Å². The Bertz CT molecular complexity index is 787. The smallest absolute Gasteiger partial charge is 0.156 e. The van der Waals surface area contributed by atoms with Crippen LogP contribution in [0.1, 0.15) is 26.7 Å². The molecule has 0 bridgehead atoms. The third-order valence-corrected chi connectivity index (χ3v) is 4.06. The molecule has 1 aliphatic carbocycles. The van der Waals surface area contributed by atoms with Crippen LogP contribution in [-0.2, 0) is 4.79 Å². The summed E-state index contributed by atoms with van der Waals surface area (Å²) in [6.07, 6.45) is 7.16. The van der Waals surface area contributed by atoms with Gasteiger partial charge in [-0.1, -0.05) is 32.0 Å². The molecule has 3 rings (SSSR count). The highest BCUT2D eigenvalue weighted by molar-refractivity contribution is 5.92. The van der Waals surface area contributed by atoms with E-state index in [2.05, 4.69) is 19.2 Å². The molecule has 0 aliphatic heterocycles. The van der Waals surface area contributed by atoms with E-state index in [4.69, 9.17) is 4.74 Å². The number of hydrogen-bond donors (Lipinski definition) is 1. The topological polar surface area (TPSA) is 38.3 Å². The number of rotatable bonds is 5. The van der Waals surface area contributed by atoms with Crippen molar-refractivity contribution in [2.75, 3.05) is 5.32 Å². The fourth-order valence-electron chi connectivity index (χ4n) is 2.99. The Balaban J connectivity index is 1.58. The van der Waals surface area contributed by atoms with Crippen LogP contribution in [0.4, 0.5) is 5.69 Å². The lowest BCUT2D eigenvalue weighted by Gasteiger charge is -2.27. The zero-order chi connectivity index (χ0) is 17.7. The number of carbonyl (C=O) groups is 1. The van der Waals surface area contributed by atoms with Gasteiger partial charge in [-0.05, 0) is 66.0 Å². The van der Waals surface area contributed by atoms with Crippen molar-refractivity contribution >= 4 is 11.5 Å². The van der Waals surface area contributed by atoms with Crippen LogP contribution >= 0.6 is 0 Å². The standard InChI is InChI=1S/C22H23NO2/c1-22(2)15-17(14-19(24)16-22)12-13-23-18-8-10-21(11-9-18)25-20-6-4-3-5-7-20/h3-14,23H,15-16H2,1-2H3/b13-12-. The first-order valence-corrected chi connectivity index (χ1v) is 8.50. The van der Waals surface area contributed by atoms with Gasteiger partial charge in [-0.3, -0.25) is 4.79 Å². The van der Waals surface area contributed by atoms with E-state index in [-0.39, 0.29) is 11.2 Å². The quantitative estimate of drug-likeness (QED) is 0.760. The second-order valence-electron chi connectivity index (χ2n) is 7.12. The van der Waals surface area contributed by atoms with E-state index in [9.17, 15) is 4.79 Å². The van der Waals surface area contributed by atoms with Crippen LogP contribution in [-0.4, -0.2) is 5.78 Å². The molecule has 128 valence electrons. The van der Waals surface area contributed by atoms with Crippen LogP contribution < -0.4 is 10.1 Å². The van der Waals surface area contributed by atoms with E-state index in [0.717, 1.165) is 29.2 Å². The number of benzene rings is 2. The maximum Gasteiger partial charge on any atom is 0.156 e. The maximum atomic E-state index is 11.8. The zero-order valence-electron chi connectivity index (χ0n) is 14.7. The fraction of sp³-hybridized carbons (Fsp3) is 0.227. The summed E-state index contributed by atoms with van der Waals surface area (Å²) in [6.45, 7) is 4.26. The van der Waals surface area contributed by atoms with Gasteiger partial charge in [0.1, 0.15) is 11.5 Å². The van der Waals surface area contributed by atoms with Crippen molar-refractivity contribution in [1.82, 2.24) is 0 Å². The Morgan fingerprint density at radius 1 is 0.960 bits per heavy atom. The van der Waals surface area contributed by atoms with Gasteiger partial charge in [-0.2, -0.15) is 0 Å². The maximum absolute atomic E-state index is 11.8. The Labute approximate surface area is 149 Å². The van der Waals surface area contributed by atoms with Crippen LogP contribution in [0.15, 0.2) is 78.5 Å². The van der Waals surface area contributed by atoms with Crippen molar-refractivity contribution in [2.24, 2.45) is 5.41 Å². The van der Waals surface area contributed by atoms with Crippen LogP contribution in [0.2, 0.25) is 0 Å². The van der Waals surface area contributed by atoms with E-state index < -0.39 is 0 Å². The predicted octanol–water partition coefficient (Wildman–Crippen LogP) is 5.72. The van der Waals surface area contributed by atoms with Crippen molar-refractivity contribution in [1.29, 1.82) is 0 Å². The third-order valence-electron chi connectivity index (χ3n) is 4.06. The molecule has 0 saturated heterocycles. The number of ketones is 1. The van der Waals surface area contributed by atoms with Gasteiger partial charge in [0, 0.05) is 18.3 Å². The van der Waals surface area contributed by atoms with Crippen molar-refractivity contribution in [3.63, 3.8) is 0 Å². The lowest BCUT2D eigenvalue weighted by atomic mass is 9.77. The van der Waals surface area contributed by atoms with Crippen LogP contribution in [0.5, 0.6) is 11.5 Å². The molecule has 0 aromatic heterocycles. The van der Waals surface area contributed by atoms with Crippen LogP contribution in [0, 0.1) is 5.41 Å². The number of ether oxygens (including phenoxy) is 1. The van der Waals surface area contributed by atoms with Gasteiger partial charge in [-0.15, -0.1) is 0 Å². The fourth-order valence-corrected chi connectivity index (χ4v) is 2.99. The summed E-state index contributed by atoms with van der Waals surface area (Å²) < 4.78 is 5.78. The number of nitrogens with one attached hydrogen (secondary N) is 1. The highest BCUT2D eigenvalue weighted by Gasteiger charge is 2.26. The second-order valence-corrected chi connectivity index (χ2v) is 7.12. The van der Waals surface area contributed by atoms with Crippen LogP contribution in [0.3, 0.4) is 0 Å². The van der Waals surface area contributed by atoms with Gasteiger partial charge in [0.2, 0.25) is 0 Å². The molecule has 0 atom stereocenters. The molecule has 0 unspecified atom stereocenters. The van der Waals surface area contributed by atoms with Gasteiger partial charge >= 0.3 is 0 Å². The van der Waals surface area contributed by atoms with Gasteiger partial charge in [0.15, 0.2) is 5.78 Å². The highest BCUT2D eigenvalue weighted by atomic mass is 16.5. The number of carbonyl (C=O) groups excluding carboxylic acids is 1. The molecule has 1 N–H and O–H groups in total. The Morgan fingerprint density at radius 2 is 1.64 bits per heavy atom. The Hall–Kier alpha value is -2.81. The van der Waals surface area contributed by atoms with E-state index in [0.29, 0.717) is 6.42 Å². The molecule has 25 heavy (non-hydrogen) atoms. The minimum atomic E-state index is 0.0436. The molecule has 0 fully saturated rings. The first kappa shape index (κ1) is 17.0. The minimum absolute atomic E-state index is 0.0436. The molecule has 0 spiro atoms. The summed E-state index contributed by atoms with van der Waals surface area (Å²) >= 11 is 0. The number of allylic oxidation sites excluding steroid dienone is 3. The van der Waals surface area contributed by atoms with Gasteiger partial charge in [0.25, 0.3) is 0 Å². The third kappa shape index (κ3) is 5.08. The SMILES string of the molecule is CC1(C)CC(=O)C=C(/C=C\Nc2ccc(Oc3ccccc3)cc2)C1. The molecule has 0 heterocycles. The number of hydrogen-bond acceptors (Lipinski definition) is 3. The number of para-hydroxylation sites is 1. The molecule has 0 radical (unpaired) electrons. The molecular weight excluding hydrogens is 310 g/mol. The average molecular weight is 333 g/mol. The highest BCUT2D eigenvalue weighted by Crippen LogP contribution is 2.34. The molecule has 1 aliphatic rings. The summed E-state index contributed by atoms with van der Waals surface area (Å²) in [7, 11) is 0. The monoisotopic (exact) mass is 333 g/mol. The molecule has 0 amide bonds. The van der Waals surface area contributed by atoms with E-state index in [1.165, 1.54) is 0 Å². The Morgan fingerprint density at radius 3 is 2.32 bits per heavy atom. The molecule has 3 heteroatoms. The molecule has 2 aromatic rings. The summed E-state index contributed by atoms with van der Waals surface area (Å²) in [5.74, 6) is 1.82. The summed E-state index contributed by atoms with van der Waals surface area (Å²) in [5.41, 5.74) is 2.08. The molecule has 0 saturated carbocycles. The summed E-state index contributed by atoms with van der Waals surface area (Å²) in [6, 6.07) is 17.5. The lowest BCUT2D eigenvalue weighted by Crippen LogP contribution is -2.21. The molecular formula is C22H23NO2. The van der Waals surface area contributed by atoms with Crippen molar-refractivity contribution in [2.45, 2.75) is 26.7 Å². The normalized spacial score (nSPS) is 16.6.